The minimum Gasteiger partial charge on any atom is -0.497 e. The van der Waals surface area contributed by atoms with E-state index in [0.717, 1.165) is 22.6 Å². The smallest absolute Gasteiger partial charge is 0.133 e. The van der Waals surface area contributed by atoms with Gasteiger partial charge in [-0.25, -0.2) is 0 Å². The molecule has 2 unspecified atom stereocenters. The van der Waals surface area contributed by atoms with Gasteiger partial charge in [-0.05, 0) is 17.7 Å². The minimum absolute atomic E-state index is 0.106. The molecule has 1 aliphatic heterocycles. The van der Waals surface area contributed by atoms with Crippen LogP contribution in [-0.4, -0.2) is 28.4 Å². The van der Waals surface area contributed by atoms with E-state index in [1.807, 2.05) is 36.4 Å². The molecule has 3 rings (SSSR count). The second kappa shape index (κ2) is 7.01. The Morgan fingerprint density at radius 2 is 1.58 bits per heavy atom. The number of methoxy groups -OCH3 is 4. The molecular weight excluding hydrogens is 308 g/mol. The van der Waals surface area contributed by atoms with Gasteiger partial charge in [0.1, 0.15) is 29.1 Å². The van der Waals surface area contributed by atoms with E-state index in [4.69, 9.17) is 23.7 Å². The zero-order valence-electron chi connectivity index (χ0n) is 14.4. The van der Waals surface area contributed by atoms with Crippen LogP contribution in [0.5, 0.6) is 23.0 Å². The summed E-state index contributed by atoms with van der Waals surface area (Å²) < 4.78 is 28.0. The first kappa shape index (κ1) is 16.5. The molecule has 24 heavy (non-hydrogen) atoms. The van der Waals surface area contributed by atoms with Gasteiger partial charge in [-0.1, -0.05) is 12.1 Å². The van der Waals surface area contributed by atoms with E-state index in [1.54, 1.807) is 28.4 Å². The fraction of sp³-hybridized carbons (Fsp3) is 0.368. The lowest BCUT2D eigenvalue weighted by Crippen LogP contribution is -2.21. The molecule has 0 aromatic heterocycles. The second-order valence-electron chi connectivity index (χ2n) is 5.58. The van der Waals surface area contributed by atoms with Gasteiger partial charge in [0.2, 0.25) is 0 Å². The Kier molecular flexibility index (Phi) is 4.81. The van der Waals surface area contributed by atoms with Gasteiger partial charge < -0.3 is 23.7 Å². The van der Waals surface area contributed by atoms with Gasteiger partial charge in [0, 0.05) is 25.7 Å². The summed E-state index contributed by atoms with van der Waals surface area (Å²) in [7, 11) is 6.62. The molecule has 1 aliphatic rings. The number of fused-ring (bicyclic) bond motifs is 1. The lowest BCUT2D eigenvalue weighted by molar-refractivity contribution is 0.0279. The van der Waals surface area contributed by atoms with Crippen molar-refractivity contribution in [3.05, 3.63) is 47.5 Å². The summed E-state index contributed by atoms with van der Waals surface area (Å²) in [6.45, 7) is 0. The summed E-state index contributed by atoms with van der Waals surface area (Å²) >= 11 is 0. The molecule has 5 nitrogen and oxygen atoms in total. The lowest BCUT2D eigenvalue weighted by atomic mass is 9.94. The van der Waals surface area contributed by atoms with Crippen molar-refractivity contribution in [3.63, 3.8) is 0 Å². The van der Waals surface area contributed by atoms with Crippen molar-refractivity contribution in [1.82, 2.24) is 0 Å². The van der Waals surface area contributed by atoms with Gasteiger partial charge in [-0.3, -0.25) is 0 Å². The van der Waals surface area contributed by atoms with Crippen LogP contribution in [0.1, 0.15) is 29.8 Å². The van der Waals surface area contributed by atoms with E-state index in [2.05, 4.69) is 0 Å². The third kappa shape index (κ3) is 2.99. The van der Waals surface area contributed by atoms with Gasteiger partial charge in [-0.15, -0.1) is 0 Å². The molecule has 5 heteroatoms. The Balaban J connectivity index is 1.98. The first-order valence-corrected chi connectivity index (χ1v) is 7.79. The van der Waals surface area contributed by atoms with Crippen LogP contribution in [0.3, 0.4) is 0 Å². The van der Waals surface area contributed by atoms with Crippen LogP contribution in [0.4, 0.5) is 0 Å². The molecule has 0 N–H and O–H groups in total. The van der Waals surface area contributed by atoms with Gasteiger partial charge in [0.05, 0.1) is 33.0 Å². The fourth-order valence-corrected chi connectivity index (χ4v) is 3.03. The van der Waals surface area contributed by atoms with Gasteiger partial charge in [0.15, 0.2) is 0 Å². The first-order valence-electron chi connectivity index (χ1n) is 7.79. The average molecular weight is 330 g/mol. The highest BCUT2D eigenvalue weighted by atomic mass is 16.5. The molecule has 2 atom stereocenters. The van der Waals surface area contributed by atoms with Crippen molar-refractivity contribution in [1.29, 1.82) is 0 Å². The largest absolute Gasteiger partial charge is 0.497 e. The summed E-state index contributed by atoms with van der Waals surface area (Å²) in [6, 6.07) is 11.6. The molecule has 0 bridgehead atoms. The van der Waals surface area contributed by atoms with Gasteiger partial charge in [-0.2, -0.15) is 0 Å². The van der Waals surface area contributed by atoms with E-state index in [1.165, 1.54) is 0 Å². The maximum atomic E-state index is 6.23. The normalized spacial score (nSPS) is 19.2. The molecule has 0 saturated carbocycles. The summed E-state index contributed by atoms with van der Waals surface area (Å²) in [5.41, 5.74) is 2.00. The quantitative estimate of drug-likeness (QED) is 0.831. The topological polar surface area (TPSA) is 46.2 Å². The average Bonchev–Trinajstić information content (AvgIpc) is 2.65. The van der Waals surface area contributed by atoms with Crippen molar-refractivity contribution in [2.45, 2.75) is 18.6 Å². The maximum absolute atomic E-state index is 6.23. The van der Waals surface area contributed by atoms with Crippen LogP contribution in [0.2, 0.25) is 0 Å². The van der Waals surface area contributed by atoms with Crippen LogP contribution >= 0.6 is 0 Å². The Hall–Kier alpha value is -2.40. The third-order valence-electron chi connectivity index (χ3n) is 4.32. The second-order valence-corrected chi connectivity index (χ2v) is 5.58. The number of hydrogen-bond donors (Lipinski definition) is 0. The van der Waals surface area contributed by atoms with E-state index in [-0.39, 0.29) is 12.2 Å². The number of ether oxygens (including phenoxy) is 5. The van der Waals surface area contributed by atoms with Crippen LogP contribution in [0, 0.1) is 0 Å². The summed E-state index contributed by atoms with van der Waals surface area (Å²) in [5, 5.41) is 0. The lowest BCUT2D eigenvalue weighted by Gasteiger charge is -2.33. The highest BCUT2D eigenvalue weighted by Gasteiger charge is 2.33. The zero-order valence-corrected chi connectivity index (χ0v) is 14.4. The Labute approximate surface area is 142 Å². The molecule has 0 spiro atoms. The molecule has 2 aromatic rings. The molecule has 0 radical (unpaired) electrons. The molecule has 1 heterocycles. The highest BCUT2D eigenvalue weighted by Crippen LogP contribution is 2.48. The summed E-state index contributed by atoms with van der Waals surface area (Å²) in [4.78, 5) is 0. The van der Waals surface area contributed by atoms with Gasteiger partial charge in [0.25, 0.3) is 0 Å². The number of rotatable bonds is 5. The number of hydrogen-bond acceptors (Lipinski definition) is 5. The third-order valence-corrected chi connectivity index (χ3v) is 4.32. The standard InChI is InChI=1S/C19H22O5/c1-20-13-7-5-12(6-8-13)15-11-17(23-4)19-16(22-3)9-14(21-2)10-18(19)24-15/h5-10,15,17H,11H2,1-4H3. The van der Waals surface area contributed by atoms with Crippen molar-refractivity contribution >= 4 is 0 Å². The van der Waals surface area contributed by atoms with E-state index < -0.39 is 0 Å². The zero-order chi connectivity index (χ0) is 17.1. The highest BCUT2D eigenvalue weighted by molar-refractivity contribution is 5.53. The molecule has 0 fully saturated rings. The molecule has 0 amide bonds. The Morgan fingerprint density at radius 3 is 2.17 bits per heavy atom. The van der Waals surface area contributed by atoms with E-state index >= 15 is 0 Å². The fourth-order valence-electron chi connectivity index (χ4n) is 3.03. The van der Waals surface area contributed by atoms with E-state index in [9.17, 15) is 0 Å². The van der Waals surface area contributed by atoms with Crippen LogP contribution in [0.25, 0.3) is 0 Å². The van der Waals surface area contributed by atoms with Crippen LogP contribution < -0.4 is 18.9 Å². The maximum Gasteiger partial charge on any atom is 0.133 e. The SMILES string of the molecule is COc1ccc(C2CC(OC)c3c(OC)cc(OC)cc3O2)cc1. The van der Waals surface area contributed by atoms with Crippen molar-refractivity contribution in [2.24, 2.45) is 0 Å². The molecule has 2 aromatic carbocycles. The first-order chi connectivity index (χ1) is 11.7. The van der Waals surface area contributed by atoms with Crippen LogP contribution in [0.15, 0.2) is 36.4 Å². The van der Waals surface area contributed by atoms with E-state index in [0.29, 0.717) is 17.9 Å². The molecule has 0 aliphatic carbocycles. The summed E-state index contributed by atoms with van der Waals surface area (Å²) in [6.07, 6.45) is 0.491. The monoisotopic (exact) mass is 330 g/mol. The number of benzene rings is 2. The predicted molar refractivity (Wildman–Crippen MR) is 90.3 cm³/mol. The molecular formula is C19H22O5. The predicted octanol–water partition coefficient (Wildman–Crippen LogP) is 3.92. The summed E-state index contributed by atoms with van der Waals surface area (Å²) in [5.74, 6) is 2.95. The van der Waals surface area contributed by atoms with Crippen LogP contribution in [-0.2, 0) is 4.74 Å². The Bertz CT molecular complexity index is 696. The van der Waals surface area contributed by atoms with Crippen molar-refractivity contribution < 1.29 is 23.7 Å². The van der Waals surface area contributed by atoms with Crippen molar-refractivity contribution in [2.75, 3.05) is 28.4 Å². The molecule has 128 valence electrons. The molecule has 0 saturated heterocycles. The van der Waals surface area contributed by atoms with Gasteiger partial charge >= 0.3 is 0 Å². The van der Waals surface area contributed by atoms with Crippen molar-refractivity contribution in [3.8, 4) is 23.0 Å². The Morgan fingerprint density at radius 1 is 0.875 bits per heavy atom. The minimum atomic E-state index is -0.110.